The first-order valence-corrected chi connectivity index (χ1v) is 5.90. The molecule has 0 saturated carbocycles. The number of rotatable bonds is 4. The van der Waals surface area contributed by atoms with Gasteiger partial charge in [0.05, 0.1) is 5.69 Å². The predicted molar refractivity (Wildman–Crippen MR) is 78.4 cm³/mol. The molecule has 1 aromatic carbocycles. The topological polar surface area (TPSA) is 94.0 Å². The molecule has 0 aliphatic heterocycles. The molecule has 19 heavy (non-hydrogen) atoms. The van der Waals surface area contributed by atoms with E-state index in [0.717, 1.165) is 11.4 Å². The van der Waals surface area contributed by atoms with Gasteiger partial charge in [0.2, 0.25) is 5.91 Å². The van der Waals surface area contributed by atoms with Gasteiger partial charge >= 0.3 is 0 Å². The highest BCUT2D eigenvalue weighted by atomic mass is 32.1. The lowest BCUT2D eigenvalue weighted by molar-refractivity contribution is 0.100. The third-order valence-electron chi connectivity index (χ3n) is 2.45. The number of anilines is 2. The predicted octanol–water partition coefficient (Wildman–Crippen LogP) is 1.56. The Bertz CT molecular complexity index is 587. The second-order valence-electron chi connectivity index (χ2n) is 3.86. The van der Waals surface area contributed by atoms with Crippen molar-refractivity contribution in [2.24, 2.45) is 11.5 Å². The molecule has 96 valence electrons. The number of benzene rings is 1. The molecule has 0 atom stereocenters. The molecule has 6 heteroatoms. The van der Waals surface area contributed by atoms with E-state index in [9.17, 15) is 4.79 Å². The van der Waals surface area contributed by atoms with Crippen LogP contribution in [0.1, 0.15) is 16.1 Å². The van der Waals surface area contributed by atoms with Gasteiger partial charge in [-0.3, -0.25) is 9.78 Å². The molecule has 0 saturated heterocycles. The molecule has 0 unspecified atom stereocenters. The van der Waals surface area contributed by atoms with Crippen LogP contribution >= 0.6 is 12.2 Å². The summed E-state index contributed by atoms with van der Waals surface area (Å²) >= 11 is 4.87. The highest BCUT2D eigenvalue weighted by Crippen LogP contribution is 2.17. The summed E-state index contributed by atoms with van der Waals surface area (Å²) < 4.78 is 0. The fraction of sp³-hybridized carbons (Fsp3) is 0. The van der Waals surface area contributed by atoms with Crippen molar-refractivity contribution in [2.75, 3.05) is 5.32 Å². The lowest BCUT2D eigenvalue weighted by Gasteiger charge is -2.08. The van der Waals surface area contributed by atoms with E-state index in [0.29, 0.717) is 11.3 Å². The molecule has 0 aliphatic carbocycles. The van der Waals surface area contributed by atoms with Crippen LogP contribution in [-0.4, -0.2) is 15.9 Å². The van der Waals surface area contributed by atoms with Crippen LogP contribution in [0.5, 0.6) is 0 Å². The second-order valence-corrected chi connectivity index (χ2v) is 4.30. The minimum absolute atomic E-state index is 0.231. The van der Waals surface area contributed by atoms with Crippen molar-refractivity contribution in [3.05, 3.63) is 53.9 Å². The van der Waals surface area contributed by atoms with Crippen LogP contribution in [0.3, 0.4) is 0 Å². The second kappa shape index (κ2) is 5.45. The standard InChI is InChI=1S/C13H12N4OS/c14-12(18)8-2-1-3-9(6-8)17-10-4-5-16-11(7-10)13(15)19/h1-7H,(H2,14,18)(H2,15,19)(H,16,17). The van der Waals surface area contributed by atoms with Crippen molar-refractivity contribution in [1.82, 2.24) is 4.98 Å². The van der Waals surface area contributed by atoms with Gasteiger partial charge in [-0.2, -0.15) is 0 Å². The lowest BCUT2D eigenvalue weighted by Crippen LogP contribution is -2.12. The van der Waals surface area contributed by atoms with Crippen molar-refractivity contribution in [1.29, 1.82) is 0 Å². The number of carbonyl (C=O) groups excluding carboxylic acids is 1. The van der Waals surface area contributed by atoms with Crippen LogP contribution in [0.4, 0.5) is 11.4 Å². The first kappa shape index (κ1) is 13.0. The molecule has 2 rings (SSSR count). The van der Waals surface area contributed by atoms with Crippen molar-refractivity contribution in [3.63, 3.8) is 0 Å². The summed E-state index contributed by atoms with van der Waals surface area (Å²) in [5.74, 6) is -0.470. The van der Waals surface area contributed by atoms with Crippen molar-refractivity contribution < 1.29 is 4.79 Å². The molecule has 0 spiro atoms. The molecule has 0 radical (unpaired) electrons. The van der Waals surface area contributed by atoms with Gasteiger partial charge in [-0.15, -0.1) is 0 Å². The van der Waals surface area contributed by atoms with E-state index in [1.807, 2.05) is 6.07 Å². The molecule has 1 aromatic heterocycles. The van der Waals surface area contributed by atoms with E-state index in [-0.39, 0.29) is 4.99 Å². The summed E-state index contributed by atoms with van der Waals surface area (Å²) in [4.78, 5) is 15.4. The zero-order valence-electron chi connectivity index (χ0n) is 9.96. The van der Waals surface area contributed by atoms with Gasteiger partial charge < -0.3 is 16.8 Å². The smallest absolute Gasteiger partial charge is 0.248 e. The molecule has 0 bridgehead atoms. The van der Waals surface area contributed by atoms with Gasteiger partial charge in [0.1, 0.15) is 4.99 Å². The van der Waals surface area contributed by atoms with Crippen LogP contribution in [0.15, 0.2) is 42.6 Å². The Labute approximate surface area is 115 Å². The van der Waals surface area contributed by atoms with Crippen LogP contribution in [0.25, 0.3) is 0 Å². The molecule has 0 fully saturated rings. The first-order valence-electron chi connectivity index (χ1n) is 5.49. The SMILES string of the molecule is NC(=O)c1cccc(Nc2ccnc(C(N)=S)c2)c1. The largest absolute Gasteiger partial charge is 0.388 e. The number of hydrogen-bond donors (Lipinski definition) is 3. The van der Waals surface area contributed by atoms with E-state index in [1.165, 1.54) is 0 Å². The first-order chi connectivity index (χ1) is 9.06. The highest BCUT2D eigenvalue weighted by Gasteiger charge is 2.03. The molecule has 5 N–H and O–H groups in total. The van der Waals surface area contributed by atoms with Crippen LogP contribution < -0.4 is 16.8 Å². The highest BCUT2D eigenvalue weighted by molar-refractivity contribution is 7.80. The quantitative estimate of drug-likeness (QED) is 0.734. The summed E-state index contributed by atoms with van der Waals surface area (Å²) in [6.45, 7) is 0. The number of thiocarbonyl (C=S) groups is 1. The number of aromatic nitrogens is 1. The maximum Gasteiger partial charge on any atom is 0.248 e. The number of nitrogens with two attached hydrogens (primary N) is 2. The Kier molecular flexibility index (Phi) is 3.72. The lowest BCUT2D eigenvalue weighted by atomic mass is 10.2. The fourth-order valence-corrected chi connectivity index (χ4v) is 1.67. The number of pyridine rings is 1. The molecule has 1 amide bonds. The van der Waals surface area contributed by atoms with Crippen molar-refractivity contribution in [2.45, 2.75) is 0 Å². The Morgan fingerprint density at radius 2 is 1.89 bits per heavy atom. The Balaban J connectivity index is 2.26. The van der Waals surface area contributed by atoms with Crippen LogP contribution in [-0.2, 0) is 0 Å². The minimum atomic E-state index is -0.470. The molecule has 2 aromatic rings. The van der Waals surface area contributed by atoms with Crippen molar-refractivity contribution >= 4 is 34.5 Å². The average molecular weight is 272 g/mol. The summed E-state index contributed by atoms with van der Waals surface area (Å²) in [5, 5.41) is 3.13. The number of nitrogens with one attached hydrogen (secondary N) is 1. The zero-order chi connectivity index (χ0) is 13.8. The Morgan fingerprint density at radius 3 is 2.58 bits per heavy atom. The van der Waals surface area contributed by atoms with E-state index >= 15 is 0 Å². The molecular weight excluding hydrogens is 260 g/mol. The van der Waals surface area contributed by atoms with Crippen LogP contribution in [0.2, 0.25) is 0 Å². The number of primary amides is 1. The average Bonchev–Trinajstić information content (AvgIpc) is 2.39. The third-order valence-corrected chi connectivity index (χ3v) is 2.66. The maximum atomic E-state index is 11.1. The van der Waals surface area contributed by atoms with Gasteiger partial charge in [-0.25, -0.2) is 0 Å². The molecule has 1 heterocycles. The Hall–Kier alpha value is -2.47. The number of hydrogen-bond acceptors (Lipinski definition) is 4. The van der Waals surface area contributed by atoms with E-state index in [2.05, 4.69) is 10.3 Å². The summed E-state index contributed by atoms with van der Waals surface area (Å²) in [6, 6.07) is 10.4. The van der Waals surface area contributed by atoms with Gasteiger partial charge in [0, 0.05) is 23.1 Å². The minimum Gasteiger partial charge on any atom is -0.388 e. The molecular formula is C13H12N4OS. The number of carbonyl (C=O) groups is 1. The summed E-state index contributed by atoms with van der Waals surface area (Å²) in [5.41, 5.74) is 13.2. The third kappa shape index (κ3) is 3.26. The van der Waals surface area contributed by atoms with Gasteiger partial charge in [0.25, 0.3) is 0 Å². The number of amides is 1. The monoisotopic (exact) mass is 272 g/mol. The Morgan fingerprint density at radius 1 is 1.16 bits per heavy atom. The zero-order valence-corrected chi connectivity index (χ0v) is 10.8. The van der Waals surface area contributed by atoms with Gasteiger partial charge in [-0.1, -0.05) is 18.3 Å². The van der Waals surface area contributed by atoms with Crippen molar-refractivity contribution in [3.8, 4) is 0 Å². The molecule has 0 aliphatic rings. The van der Waals surface area contributed by atoms with E-state index in [1.54, 1.807) is 36.5 Å². The fourth-order valence-electron chi connectivity index (χ4n) is 1.56. The van der Waals surface area contributed by atoms with Crippen LogP contribution in [0, 0.1) is 0 Å². The summed E-state index contributed by atoms with van der Waals surface area (Å²) in [7, 11) is 0. The maximum absolute atomic E-state index is 11.1. The van der Waals surface area contributed by atoms with E-state index in [4.69, 9.17) is 23.7 Å². The van der Waals surface area contributed by atoms with Gasteiger partial charge in [-0.05, 0) is 30.3 Å². The van der Waals surface area contributed by atoms with Gasteiger partial charge in [0.15, 0.2) is 0 Å². The summed E-state index contributed by atoms with van der Waals surface area (Å²) in [6.07, 6.45) is 1.61. The number of nitrogens with zero attached hydrogens (tertiary/aromatic N) is 1. The molecule has 5 nitrogen and oxygen atoms in total. The normalized spacial score (nSPS) is 9.89. The van der Waals surface area contributed by atoms with E-state index < -0.39 is 5.91 Å².